The van der Waals surface area contributed by atoms with E-state index in [4.69, 9.17) is 10.1 Å². The molecule has 0 aliphatic rings. The summed E-state index contributed by atoms with van der Waals surface area (Å²) in [7, 11) is 0. The molecule has 0 aliphatic carbocycles. The Bertz CT molecular complexity index is 305. The van der Waals surface area contributed by atoms with Crippen LogP contribution in [0.3, 0.4) is 0 Å². The molecule has 0 heterocycles. The van der Waals surface area contributed by atoms with Gasteiger partial charge in [0.2, 0.25) is 0 Å². The Hall–Kier alpha value is -1.62. The van der Waals surface area contributed by atoms with Crippen LogP contribution in [-0.2, 0) is 0 Å². The molecule has 54 valence electrons. The lowest BCUT2D eigenvalue weighted by Crippen LogP contribution is -1.92. The van der Waals surface area contributed by atoms with Crippen molar-refractivity contribution >= 4 is 5.78 Å². The van der Waals surface area contributed by atoms with Gasteiger partial charge in [0.25, 0.3) is 0 Å². The average Bonchev–Trinajstić information content (AvgIpc) is 2.05. The highest BCUT2D eigenvalue weighted by atomic mass is 16.1. The van der Waals surface area contributed by atoms with Gasteiger partial charge in [-0.25, -0.2) is 0 Å². The molecule has 0 saturated heterocycles. The maximum atomic E-state index is 9.02. The van der Waals surface area contributed by atoms with Crippen molar-refractivity contribution in [3.63, 3.8) is 0 Å². The van der Waals surface area contributed by atoms with Gasteiger partial charge in [-0.1, -0.05) is 0 Å². The SMILES string of the molecule is CC(=[OH+])c1ccc(C#N)cc1. The van der Waals surface area contributed by atoms with E-state index in [1.165, 1.54) is 0 Å². The second kappa shape index (κ2) is 2.98. The third-order valence-electron chi connectivity index (χ3n) is 1.43. The summed E-state index contributed by atoms with van der Waals surface area (Å²) in [6, 6.07) is 8.79. The molecule has 0 atom stereocenters. The number of hydrogen-bond donors (Lipinski definition) is 0. The Morgan fingerprint density at radius 2 is 1.91 bits per heavy atom. The van der Waals surface area contributed by atoms with Crippen molar-refractivity contribution in [1.29, 1.82) is 5.26 Å². The molecule has 11 heavy (non-hydrogen) atoms. The summed E-state index contributed by atoms with van der Waals surface area (Å²) in [4.78, 5) is 9.02. The molecular weight excluding hydrogens is 138 g/mol. The van der Waals surface area contributed by atoms with Gasteiger partial charge >= 0.3 is 5.78 Å². The Morgan fingerprint density at radius 1 is 1.36 bits per heavy atom. The highest BCUT2D eigenvalue weighted by Gasteiger charge is 2.02. The first-order chi connectivity index (χ1) is 5.24. The lowest BCUT2D eigenvalue weighted by molar-refractivity contribution is 0.675. The number of ketones is 1. The molecule has 0 bridgehead atoms. The summed E-state index contributed by atoms with van der Waals surface area (Å²) >= 11 is 0. The van der Waals surface area contributed by atoms with Crippen LogP contribution in [0.4, 0.5) is 0 Å². The average molecular weight is 146 g/mol. The van der Waals surface area contributed by atoms with E-state index in [-0.39, 0.29) is 5.78 Å². The Balaban J connectivity index is 3.03. The minimum absolute atomic E-state index is 0.273. The van der Waals surface area contributed by atoms with Gasteiger partial charge in [-0.15, -0.1) is 0 Å². The van der Waals surface area contributed by atoms with Gasteiger partial charge < -0.3 is 0 Å². The summed E-state index contributed by atoms with van der Waals surface area (Å²) < 4.78 is 0. The van der Waals surface area contributed by atoms with Gasteiger partial charge in [-0.3, -0.25) is 4.79 Å². The van der Waals surface area contributed by atoms with Crippen molar-refractivity contribution in [2.75, 3.05) is 0 Å². The predicted octanol–water partition coefficient (Wildman–Crippen LogP) is 1.47. The minimum Gasteiger partial charge on any atom is -0.278 e. The molecular formula is C9H8NO+. The van der Waals surface area contributed by atoms with Crippen molar-refractivity contribution in [1.82, 2.24) is 0 Å². The van der Waals surface area contributed by atoms with Crippen molar-refractivity contribution in [2.24, 2.45) is 0 Å². The maximum Gasteiger partial charge on any atom is 0.320 e. The molecule has 2 heteroatoms. The van der Waals surface area contributed by atoms with E-state index in [1.807, 2.05) is 6.07 Å². The van der Waals surface area contributed by atoms with Crippen LogP contribution < -0.4 is 0 Å². The second-order valence-corrected chi connectivity index (χ2v) is 2.27. The highest BCUT2D eigenvalue weighted by Crippen LogP contribution is 2.02. The zero-order valence-electron chi connectivity index (χ0n) is 6.20. The monoisotopic (exact) mass is 146 g/mol. The number of benzene rings is 1. The van der Waals surface area contributed by atoms with Gasteiger partial charge in [-0.05, 0) is 24.3 Å². The number of carbonyl (C=O) groups excluding carboxylic acids is 1. The Morgan fingerprint density at radius 3 is 2.27 bits per heavy atom. The van der Waals surface area contributed by atoms with Crippen molar-refractivity contribution in [3.05, 3.63) is 35.4 Å². The van der Waals surface area contributed by atoms with Crippen molar-refractivity contribution < 1.29 is 4.79 Å². The van der Waals surface area contributed by atoms with Gasteiger partial charge in [0.05, 0.1) is 24.1 Å². The van der Waals surface area contributed by atoms with E-state index in [2.05, 4.69) is 0 Å². The zero-order valence-corrected chi connectivity index (χ0v) is 6.20. The summed E-state index contributed by atoms with van der Waals surface area (Å²) in [6.07, 6.45) is 0. The van der Waals surface area contributed by atoms with Crippen molar-refractivity contribution in [2.45, 2.75) is 6.92 Å². The molecule has 0 fully saturated rings. The molecule has 0 aromatic heterocycles. The van der Waals surface area contributed by atoms with Gasteiger partial charge in [0, 0.05) is 0 Å². The first-order valence-electron chi connectivity index (χ1n) is 3.27. The largest absolute Gasteiger partial charge is 0.320 e. The fraction of sp³-hybridized carbons (Fsp3) is 0.111. The van der Waals surface area contributed by atoms with E-state index < -0.39 is 0 Å². The van der Waals surface area contributed by atoms with Crippen LogP contribution in [0.1, 0.15) is 18.1 Å². The summed E-state index contributed by atoms with van der Waals surface area (Å²) in [5.74, 6) is 0.273. The molecule has 0 spiro atoms. The van der Waals surface area contributed by atoms with Crippen molar-refractivity contribution in [3.8, 4) is 6.07 Å². The number of rotatable bonds is 1. The first kappa shape index (κ1) is 7.49. The van der Waals surface area contributed by atoms with Crippen LogP contribution in [0.15, 0.2) is 24.3 Å². The lowest BCUT2D eigenvalue weighted by atomic mass is 10.1. The first-order valence-corrected chi connectivity index (χ1v) is 3.27. The Labute approximate surface area is 65.1 Å². The van der Waals surface area contributed by atoms with Crippen LogP contribution in [0, 0.1) is 11.3 Å². The second-order valence-electron chi connectivity index (χ2n) is 2.27. The summed E-state index contributed by atoms with van der Waals surface area (Å²) in [6.45, 7) is 1.61. The summed E-state index contributed by atoms with van der Waals surface area (Å²) in [5, 5.41) is 8.45. The molecule has 0 saturated carbocycles. The molecule has 1 aromatic carbocycles. The molecule has 0 aliphatic heterocycles. The topological polar surface area (TPSA) is 45.2 Å². The predicted molar refractivity (Wildman–Crippen MR) is 42.9 cm³/mol. The van der Waals surface area contributed by atoms with Gasteiger partial charge in [0.15, 0.2) is 0 Å². The molecule has 0 amide bonds. The standard InChI is InChI=1S/C9H7NO/c1-7(11)9-4-2-8(6-10)3-5-9/h2-5H,1H3/p+1. The van der Waals surface area contributed by atoms with Crippen LogP contribution in [0.5, 0.6) is 0 Å². The van der Waals surface area contributed by atoms with Crippen LogP contribution in [0.2, 0.25) is 0 Å². The molecule has 1 N–H and O–H groups in total. The normalized spacial score (nSPS) is 8.73. The van der Waals surface area contributed by atoms with Gasteiger partial charge in [0.1, 0.15) is 0 Å². The van der Waals surface area contributed by atoms with E-state index in [0.717, 1.165) is 5.56 Å². The van der Waals surface area contributed by atoms with Gasteiger partial charge in [-0.2, -0.15) is 5.26 Å². The highest BCUT2D eigenvalue weighted by molar-refractivity contribution is 5.94. The minimum atomic E-state index is 0.273. The quantitative estimate of drug-likeness (QED) is 0.437. The third kappa shape index (κ3) is 1.65. The fourth-order valence-electron chi connectivity index (χ4n) is 0.786. The van der Waals surface area contributed by atoms with Crippen LogP contribution in [-0.4, -0.2) is 10.6 Å². The molecule has 2 nitrogen and oxygen atoms in total. The van der Waals surface area contributed by atoms with E-state index in [9.17, 15) is 0 Å². The maximum absolute atomic E-state index is 9.02. The molecule has 1 rings (SSSR count). The molecule has 0 radical (unpaired) electrons. The van der Waals surface area contributed by atoms with E-state index >= 15 is 0 Å². The number of nitrogens with zero attached hydrogens (tertiary/aromatic N) is 1. The molecule has 1 aromatic rings. The zero-order chi connectivity index (χ0) is 8.27. The lowest BCUT2D eigenvalue weighted by Gasteiger charge is -1.88. The fourth-order valence-corrected chi connectivity index (χ4v) is 0.786. The van der Waals surface area contributed by atoms with Crippen LogP contribution >= 0.6 is 0 Å². The van der Waals surface area contributed by atoms with E-state index in [0.29, 0.717) is 5.56 Å². The van der Waals surface area contributed by atoms with Crippen LogP contribution in [0.25, 0.3) is 0 Å². The third-order valence-corrected chi connectivity index (χ3v) is 1.43. The number of hydrogen-bond acceptors (Lipinski definition) is 1. The number of nitriles is 1. The summed E-state index contributed by atoms with van der Waals surface area (Å²) in [5.41, 5.74) is 1.36. The smallest absolute Gasteiger partial charge is 0.278 e. The Kier molecular flexibility index (Phi) is 2.03. The van der Waals surface area contributed by atoms with E-state index in [1.54, 1.807) is 31.2 Å². The molecule has 0 unspecified atom stereocenters.